The number of hydrogen-bond donors (Lipinski definition) is 2. The number of amides is 2. The summed E-state index contributed by atoms with van der Waals surface area (Å²) in [5.74, 6) is -0.438. The number of carbonyl (C=O) groups excluding carboxylic acids is 2. The van der Waals surface area contributed by atoms with Crippen LogP contribution in [0.4, 0.5) is 5.69 Å². The van der Waals surface area contributed by atoms with Crippen molar-refractivity contribution in [3.05, 3.63) is 28.2 Å². The lowest BCUT2D eigenvalue weighted by Crippen LogP contribution is -2.32. The number of rotatable bonds is 2. The van der Waals surface area contributed by atoms with E-state index in [1.54, 1.807) is 0 Å². The van der Waals surface area contributed by atoms with Crippen molar-refractivity contribution < 1.29 is 9.59 Å². The number of benzene rings is 1. The van der Waals surface area contributed by atoms with Crippen molar-refractivity contribution in [3.8, 4) is 0 Å². The van der Waals surface area contributed by atoms with Gasteiger partial charge in [0.15, 0.2) is 0 Å². The van der Waals surface area contributed by atoms with Crippen molar-refractivity contribution in [1.82, 2.24) is 5.43 Å². The lowest BCUT2D eigenvalue weighted by atomic mass is 10.1. The largest absolute Gasteiger partial charge is 0.321 e. The molecule has 94 valence electrons. The van der Waals surface area contributed by atoms with Gasteiger partial charge in [-0.2, -0.15) is 5.10 Å². The molecule has 1 aromatic carbocycles. The quantitative estimate of drug-likeness (QED) is 0.876. The third-order valence-electron chi connectivity index (χ3n) is 2.60. The number of aryl methyl sites for hydroxylation is 1. The summed E-state index contributed by atoms with van der Waals surface area (Å²) in [6.45, 7) is 1.91. The van der Waals surface area contributed by atoms with Crippen molar-refractivity contribution in [2.24, 2.45) is 5.10 Å². The van der Waals surface area contributed by atoms with Gasteiger partial charge in [-0.25, -0.2) is 5.43 Å². The molecule has 0 bridgehead atoms. The lowest BCUT2D eigenvalue weighted by Gasteiger charge is -2.13. The molecule has 0 unspecified atom stereocenters. The second-order valence-corrected chi connectivity index (χ2v) is 4.92. The number of carbonyl (C=O) groups is 2. The van der Waals surface area contributed by atoms with Gasteiger partial charge in [0.2, 0.25) is 5.91 Å². The molecule has 2 N–H and O–H groups in total. The molecule has 0 aromatic heterocycles. The number of halogens is 1. The van der Waals surface area contributed by atoms with E-state index in [-0.39, 0.29) is 11.8 Å². The van der Waals surface area contributed by atoms with Crippen LogP contribution in [0.15, 0.2) is 27.8 Å². The molecule has 1 aliphatic rings. The van der Waals surface area contributed by atoms with E-state index in [4.69, 9.17) is 0 Å². The zero-order chi connectivity index (χ0) is 13.1. The molecule has 1 heterocycles. The summed E-state index contributed by atoms with van der Waals surface area (Å²) in [7, 11) is 0. The summed E-state index contributed by atoms with van der Waals surface area (Å²) in [4.78, 5) is 22.8. The Kier molecular flexibility index (Phi) is 3.76. The van der Waals surface area contributed by atoms with Gasteiger partial charge in [-0.1, -0.05) is 15.9 Å². The summed E-state index contributed by atoms with van der Waals surface area (Å²) in [6.07, 6.45) is 0.665. The van der Waals surface area contributed by atoms with Gasteiger partial charge < -0.3 is 5.32 Å². The number of anilines is 1. The molecule has 18 heavy (non-hydrogen) atoms. The standard InChI is InChI=1S/C12H12BrN3O2/c1-7-6-8(13)2-3-9(7)14-12(18)10-4-5-11(17)16-15-10/h2-3,6H,4-5H2,1H3,(H,14,18)(H,16,17). The molecule has 0 spiro atoms. The highest BCUT2D eigenvalue weighted by molar-refractivity contribution is 9.10. The van der Waals surface area contributed by atoms with Crippen LogP contribution in [-0.4, -0.2) is 17.5 Å². The maximum Gasteiger partial charge on any atom is 0.271 e. The lowest BCUT2D eigenvalue weighted by molar-refractivity contribution is -0.121. The van der Waals surface area contributed by atoms with E-state index in [9.17, 15) is 9.59 Å². The van der Waals surface area contributed by atoms with Crippen molar-refractivity contribution in [2.75, 3.05) is 5.32 Å². The Morgan fingerprint density at radius 1 is 1.44 bits per heavy atom. The number of nitrogens with zero attached hydrogens (tertiary/aromatic N) is 1. The third kappa shape index (κ3) is 2.95. The van der Waals surface area contributed by atoms with E-state index in [0.717, 1.165) is 15.7 Å². The van der Waals surface area contributed by atoms with Crippen LogP contribution in [-0.2, 0) is 9.59 Å². The van der Waals surface area contributed by atoms with Crippen LogP contribution in [0.2, 0.25) is 0 Å². The van der Waals surface area contributed by atoms with Gasteiger partial charge in [0.1, 0.15) is 5.71 Å². The molecule has 6 heteroatoms. The zero-order valence-corrected chi connectivity index (χ0v) is 11.4. The first kappa shape index (κ1) is 12.8. The first-order chi connectivity index (χ1) is 8.56. The molecule has 0 saturated heterocycles. The van der Waals surface area contributed by atoms with E-state index < -0.39 is 0 Å². The summed E-state index contributed by atoms with van der Waals surface area (Å²) >= 11 is 3.36. The zero-order valence-electron chi connectivity index (χ0n) is 9.79. The summed E-state index contributed by atoms with van der Waals surface area (Å²) in [6, 6.07) is 5.59. The van der Waals surface area contributed by atoms with E-state index in [0.29, 0.717) is 18.6 Å². The fraction of sp³-hybridized carbons (Fsp3) is 0.250. The van der Waals surface area contributed by atoms with E-state index in [2.05, 4.69) is 31.8 Å². The van der Waals surface area contributed by atoms with Gasteiger partial charge in [-0.05, 0) is 30.7 Å². The molecule has 0 fully saturated rings. The van der Waals surface area contributed by atoms with Gasteiger partial charge >= 0.3 is 0 Å². The van der Waals surface area contributed by atoms with E-state index in [1.165, 1.54) is 0 Å². The minimum Gasteiger partial charge on any atom is -0.321 e. The molecule has 1 aromatic rings. The average molecular weight is 310 g/mol. The fourth-order valence-electron chi connectivity index (χ4n) is 1.60. The van der Waals surface area contributed by atoms with E-state index in [1.807, 2.05) is 25.1 Å². The van der Waals surface area contributed by atoms with Crippen molar-refractivity contribution in [2.45, 2.75) is 19.8 Å². The van der Waals surface area contributed by atoms with E-state index >= 15 is 0 Å². The maximum absolute atomic E-state index is 11.9. The third-order valence-corrected chi connectivity index (χ3v) is 3.10. The van der Waals surface area contributed by atoms with Crippen LogP contribution in [0.3, 0.4) is 0 Å². The molecular weight excluding hydrogens is 298 g/mol. The van der Waals surface area contributed by atoms with Gasteiger partial charge in [0, 0.05) is 23.0 Å². The molecule has 2 amide bonds. The fourth-order valence-corrected chi connectivity index (χ4v) is 2.08. The summed E-state index contributed by atoms with van der Waals surface area (Å²) in [5, 5.41) is 6.53. The summed E-state index contributed by atoms with van der Waals surface area (Å²) in [5.41, 5.74) is 4.34. The Bertz CT molecular complexity index is 540. The second-order valence-electron chi connectivity index (χ2n) is 4.01. The van der Waals surface area contributed by atoms with Crippen LogP contribution in [0.25, 0.3) is 0 Å². The van der Waals surface area contributed by atoms with Gasteiger partial charge in [-0.3, -0.25) is 9.59 Å². The number of hydrogen-bond acceptors (Lipinski definition) is 3. The molecule has 0 saturated carbocycles. The SMILES string of the molecule is Cc1cc(Br)ccc1NC(=O)C1=NNC(=O)CC1. The van der Waals surface area contributed by atoms with Crippen LogP contribution in [0, 0.1) is 6.92 Å². The Morgan fingerprint density at radius 2 is 2.22 bits per heavy atom. The van der Waals surface area contributed by atoms with Crippen molar-refractivity contribution in [3.63, 3.8) is 0 Å². The Labute approximate surface area is 113 Å². The molecule has 1 aliphatic heterocycles. The van der Waals surface area contributed by atoms with Crippen molar-refractivity contribution >= 4 is 39.1 Å². The van der Waals surface area contributed by atoms with Crippen LogP contribution in [0.1, 0.15) is 18.4 Å². The minimum absolute atomic E-state index is 0.161. The molecule has 2 rings (SSSR count). The first-order valence-electron chi connectivity index (χ1n) is 5.49. The van der Waals surface area contributed by atoms with Crippen LogP contribution >= 0.6 is 15.9 Å². The predicted octanol–water partition coefficient (Wildman–Crippen LogP) is 1.96. The molecule has 0 radical (unpaired) electrons. The smallest absolute Gasteiger partial charge is 0.271 e. The summed E-state index contributed by atoms with van der Waals surface area (Å²) < 4.78 is 0.959. The highest BCUT2D eigenvalue weighted by Crippen LogP contribution is 2.20. The molecule has 5 nitrogen and oxygen atoms in total. The van der Waals surface area contributed by atoms with Crippen LogP contribution in [0.5, 0.6) is 0 Å². The number of hydrazone groups is 1. The first-order valence-corrected chi connectivity index (χ1v) is 6.28. The predicted molar refractivity (Wildman–Crippen MR) is 72.3 cm³/mol. The van der Waals surface area contributed by atoms with Gasteiger partial charge in [-0.15, -0.1) is 0 Å². The van der Waals surface area contributed by atoms with Crippen molar-refractivity contribution in [1.29, 1.82) is 0 Å². The van der Waals surface area contributed by atoms with Gasteiger partial charge in [0.05, 0.1) is 0 Å². The Hall–Kier alpha value is -1.69. The molecule has 0 atom stereocenters. The minimum atomic E-state index is -0.277. The average Bonchev–Trinajstić information content (AvgIpc) is 2.33. The highest BCUT2D eigenvalue weighted by atomic mass is 79.9. The molecular formula is C12H12BrN3O2. The number of nitrogens with one attached hydrogen (secondary N) is 2. The normalized spacial score (nSPS) is 14.8. The second kappa shape index (κ2) is 5.30. The monoisotopic (exact) mass is 309 g/mol. The Morgan fingerprint density at radius 3 is 2.83 bits per heavy atom. The Balaban J connectivity index is 2.09. The maximum atomic E-state index is 11.9. The van der Waals surface area contributed by atoms with Crippen LogP contribution < -0.4 is 10.7 Å². The topological polar surface area (TPSA) is 70.6 Å². The van der Waals surface area contributed by atoms with Gasteiger partial charge in [0.25, 0.3) is 5.91 Å². The highest BCUT2D eigenvalue weighted by Gasteiger charge is 2.18. The molecule has 0 aliphatic carbocycles.